The van der Waals surface area contributed by atoms with Crippen LogP contribution in [0, 0.1) is 0 Å². The molecule has 0 saturated carbocycles. The van der Waals surface area contributed by atoms with Crippen LogP contribution in [0.2, 0.25) is 0 Å². The molecule has 0 unspecified atom stereocenters. The lowest BCUT2D eigenvalue weighted by Gasteiger charge is -2.15. The molecule has 4 N–H and O–H groups in total. The van der Waals surface area contributed by atoms with Crippen molar-refractivity contribution in [2.45, 2.75) is 24.0 Å². The smallest absolute Gasteiger partial charge is 0.181 e. The summed E-state index contributed by atoms with van der Waals surface area (Å²) < 4.78 is 24.9. The van der Waals surface area contributed by atoms with E-state index in [0.29, 0.717) is 16.8 Å². The third-order valence-corrected chi connectivity index (χ3v) is 5.31. The minimum atomic E-state index is -3.43. The lowest BCUT2D eigenvalue weighted by Crippen LogP contribution is -2.15. The molecule has 0 aliphatic carbocycles. The average molecular weight is 291 g/mol. The van der Waals surface area contributed by atoms with Gasteiger partial charge in [0.05, 0.1) is 10.1 Å². The van der Waals surface area contributed by atoms with Gasteiger partial charge in [0.1, 0.15) is 5.82 Å². The fourth-order valence-corrected chi connectivity index (χ4v) is 3.22. The van der Waals surface area contributed by atoms with E-state index in [1.54, 1.807) is 44.2 Å². The number of sulfone groups is 1. The van der Waals surface area contributed by atoms with Crippen LogP contribution in [0.5, 0.6) is 0 Å². The van der Waals surface area contributed by atoms with Crippen molar-refractivity contribution < 1.29 is 8.42 Å². The Balaban J connectivity index is 2.78. The molecule has 20 heavy (non-hydrogen) atoms. The standard InChI is InChI=1S/C14H17N3O2S/c1-9(2)20(18,19)12-6-4-3-5-10(12)13-11(15)7-8-17-14(13)16/h3-9H,1-2H3,(H4,15,16,17). The fourth-order valence-electron chi connectivity index (χ4n) is 1.96. The summed E-state index contributed by atoms with van der Waals surface area (Å²) in [4.78, 5) is 4.21. The molecule has 0 aliphatic heterocycles. The van der Waals surface area contributed by atoms with E-state index >= 15 is 0 Å². The van der Waals surface area contributed by atoms with Crippen molar-refractivity contribution >= 4 is 21.3 Å². The molecule has 0 aliphatic rings. The number of benzene rings is 1. The topological polar surface area (TPSA) is 99.1 Å². The summed E-state index contributed by atoms with van der Waals surface area (Å²) in [5.74, 6) is 0.219. The first kappa shape index (κ1) is 14.3. The molecular formula is C14H17N3O2S. The third-order valence-electron chi connectivity index (χ3n) is 3.10. The zero-order valence-electron chi connectivity index (χ0n) is 11.4. The minimum absolute atomic E-state index is 0.219. The highest BCUT2D eigenvalue weighted by Crippen LogP contribution is 2.35. The van der Waals surface area contributed by atoms with Crippen LogP contribution in [0.3, 0.4) is 0 Å². The second-order valence-electron chi connectivity index (χ2n) is 4.75. The number of nitrogen functional groups attached to an aromatic ring is 2. The Morgan fingerprint density at radius 1 is 1.10 bits per heavy atom. The minimum Gasteiger partial charge on any atom is -0.398 e. The Labute approximate surface area is 118 Å². The number of pyridine rings is 1. The molecule has 1 aromatic heterocycles. The van der Waals surface area contributed by atoms with Crippen molar-refractivity contribution in [1.82, 2.24) is 4.98 Å². The van der Waals surface area contributed by atoms with Gasteiger partial charge in [0, 0.05) is 23.0 Å². The first-order valence-electron chi connectivity index (χ1n) is 6.19. The van der Waals surface area contributed by atoms with Crippen molar-refractivity contribution in [2.75, 3.05) is 11.5 Å². The van der Waals surface area contributed by atoms with E-state index < -0.39 is 15.1 Å². The summed E-state index contributed by atoms with van der Waals surface area (Å²) >= 11 is 0. The molecule has 1 aromatic carbocycles. The molecule has 0 bridgehead atoms. The Morgan fingerprint density at radius 2 is 1.75 bits per heavy atom. The first-order chi connectivity index (χ1) is 9.35. The third kappa shape index (κ3) is 2.34. The van der Waals surface area contributed by atoms with Gasteiger partial charge in [-0.25, -0.2) is 13.4 Å². The molecule has 1 heterocycles. The van der Waals surface area contributed by atoms with Gasteiger partial charge in [-0.2, -0.15) is 0 Å². The van der Waals surface area contributed by atoms with Crippen molar-refractivity contribution in [2.24, 2.45) is 0 Å². The Bertz CT molecular complexity index is 720. The number of hydrogen-bond acceptors (Lipinski definition) is 5. The molecule has 5 nitrogen and oxygen atoms in total. The van der Waals surface area contributed by atoms with Gasteiger partial charge in [-0.05, 0) is 26.0 Å². The molecule has 0 spiro atoms. The molecule has 2 aromatic rings. The molecule has 0 fully saturated rings. The van der Waals surface area contributed by atoms with E-state index in [-0.39, 0.29) is 10.7 Å². The molecule has 6 heteroatoms. The van der Waals surface area contributed by atoms with E-state index in [1.807, 2.05) is 0 Å². The summed E-state index contributed by atoms with van der Waals surface area (Å²) in [7, 11) is -3.43. The second-order valence-corrected chi connectivity index (χ2v) is 7.22. The molecule has 0 amide bonds. The van der Waals surface area contributed by atoms with Crippen molar-refractivity contribution in [3.63, 3.8) is 0 Å². The summed E-state index contributed by atoms with van der Waals surface area (Å²) in [6.45, 7) is 3.28. The number of anilines is 2. The van der Waals surface area contributed by atoms with Gasteiger partial charge in [-0.1, -0.05) is 18.2 Å². The molecular weight excluding hydrogens is 274 g/mol. The zero-order valence-corrected chi connectivity index (χ0v) is 12.2. The van der Waals surface area contributed by atoms with Crippen LogP contribution in [-0.2, 0) is 9.84 Å². The van der Waals surface area contributed by atoms with E-state index in [2.05, 4.69) is 4.98 Å². The van der Waals surface area contributed by atoms with Gasteiger partial charge >= 0.3 is 0 Å². The van der Waals surface area contributed by atoms with E-state index in [9.17, 15) is 8.42 Å². The molecule has 0 radical (unpaired) electrons. The normalized spacial score (nSPS) is 11.8. The van der Waals surface area contributed by atoms with Crippen LogP contribution >= 0.6 is 0 Å². The highest BCUT2D eigenvalue weighted by molar-refractivity contribution is 7.92. The fraction of sp³-hybridized carbons (Fsp3) is 0.214. The Kier molecular flexibility index (Phi) is 3.67. The lowest BCUT2D eigenvalue weighted by molar-refractivity contribution is 0.587. The van der Waals surface area contributed by atoms with Crippen LogP contribution < -0.4 is 11.5 Å². The first-order valence-corrected chi connectivity index (χ1v) is 7.73. The lowest BCUT2D eigenvalue weighted by atomic mass is 10.1. The van der Waals surface area contributed by atoms with Gasteiger partial charge in [-0.15, -0.1) is 0 Å². The van der Waals surface area contributed by atoms with E-state index in [1.165, 1.54) is 6.20 Å². The number of rotatable bonds is 3. The molecule has 0 atom stereocenters. The Morgan fingerprint density at radius 3 is 2.35 bits per heavy atom. The van der Waals surface area contributed by atoms with Crippen LogP contribution in [0.1, 0.15) is 13.8 Å². The molecule has 2 rings (SSSR count). The van der Waals surface area contributed by atoms with E-state index in [4.69, 9.17) is 11.5 Å². The van der Waals surface area contributed by atoms with Gasteiger partial charge in [-0.3, -0.25) is 0 Å². The maximum atomic E-state index is 12.4. The largest absolute Gasteiger partial charge is 0.398 e. The van der Waals surface area contributed by atoms with Crippen LogP contribution in [-0.4, -0.2) is 18.7 Å². The predicted molar refractivity (Wildman–Crippen MR) is 80.8 cm³/mol. The zero-order chi connectivity index (χ0) is 14.9. The van der Waals surface area contributed by atoms with Gasteiger partial charge in [0.25, 0.3) is 0 Å². The van der Waals surface area contributed by atoms with Crippen LogP contribution in [0.15, 0.2) is 41.4 Å². The SMILES string of the molecule is CC(C)S(=O)(=O)c1ccccc1-c1c(N)ccnc1N. The van der Waals surface area contributed by atoms with Crippen molar-refractivity contribution in [3.05, 3.63) is 36.5 Å². The summed E-state index contributed by atoms with van der Waals surface area (Å²) in [5.41, 5.74) is 13.1. The van der Waals surface area contributed by atoms with Gasteiger partial charge < -0.3 is 11.5 Å². The second kappa shape index (κ2) is 5.13. The summed E-state index contributed by atoms with van der Waals surface area (Å²) in [6, 6.07) is 8.29. The highest BCUT2D eigenvalue weighted by atomic mass is 32.2. The summed E-state index contributed by atoms with van der Waals surface area (Å²) in [5, 5.41) is -0.525. The maximum Gasteiger partial charge on any atom is 0.181 e. The average Bonchev–Trinajstić information content (AvgIpc) is 2.38. The maximum absolute atomic E-state index is 12.4. The van der Waals surface area contributed by atoms with Crippen LogP contribution in [0.25, 0.3) is 11.1 Å². The van der Waals surface area contributed by atoms with Crippen molar-refractivity contribution in [3.8, 4) is 11.1 Å². The number of aromatic nitrogens is 1. The van der Waals surface area contributed by atoms with Crippen LogP contribution in [0.4, 0.5) is 11.5 Å². The van der Waals surface area contributed by atoms with E-state index in [0.717, 1.165) is 0 Å². The monoisotopic (exact) mass is 291 g/mol. The predicted octanol–water partition coefficient (Wildman–Crippen LogP) is 2.10. The summed E-state index contributed by atoms with van der Waals surface area (Å²) in [6.07, 6.45) is 1.49. The number of nitrogens with two attached hydrogens (primary N) is 2. The Hall–Kier alpha value is -2.08. The van der Waals surface area contributed by atoms with Gasteiger partial charge in [0.2, 0.25) is 0 Å². The molecule has 0 saturated heterocycles. The number of hydrogen-bond donors (Lipinski definition) is 2. The highest BCUT2D eigenvalue weighted by Gasteiger charge is 2.24. The quantitative estimate of drug-likeness (QED) is 0.902. The molecule has 106 valence electrons. The van der Waals surface area contributed by atoms with Gasteiger partial charge in [0.15, 0.2) is 9.84 Å². The number of nitrogens with zero attached hydrogens (tertiary/aromatic N) is 1. The van der Waals surface area contributed by atoms with Crippen molar-refractivity contribution in [1.29, 1.82) is 0 Å².